The fourth-order valence-electron chi connectivity index (χ4n) is 1.80. The zero-order valence-corrected chi connectivity index (χ0v) is 10.5. The Hall–Kier alpha value is -1.35. The van der Waals surface area contributed by atoms with Gasteiger partial charge in [0.1, 0.15) is 0 Å². The van der Waals surface area contributed by atoms with Crippen LogP contribution < -0.4 is 10.6 Å². The van der Waals surface area contributed by atoms with E-state index in [2.05, 4.69) is 17.6 Å². The van der Waals surface area contributed by atoms with Crippen molar-refractivity contribution in [2.24, 2.45) is 5.41 Å². The van der Waals surface area contributed by atoms with E-state index in [1.807, 2.05) is 31.2 Å². The molecule has 1 saturated carbocycles. The third-order valence-corrected chi connectivity index (χ3v) is 3.24. The van der Waals surface area contributed by atoms with Gasteiger partial charge in [0.05, 0.1) is 6.54 Å². The minimum absolute atomic E-state index is 0.0276. The number of aryl methyl sites for hydroxylation is 1. The predicted octanol–water partition coefficient (Wildman–Crippen LogP) is 2.32. The second-order valence-electron chi connectivity index (χ2n) is 5.33. The van der Waals surface area contributed by atoms with Crippen LogP contribution in [0.3, 0.4) is 0 Å². The molecule has 0 unspecified atom stereocenters. The molecule has 3 heteroatoms. The number of carbonyl (C=O) groups excluding carboxylic acids is 1. The van der Waals surface area contributed by atoms with Crippen molar-refractivity contribution in [3.63, 3.8) is 0 Å². The van der Waals surface area contributed by atoms with Gasteiger partial charge in [-0.3, -0.25) is 4.79 Å². The van der Waals surface area contributed by atoms with Crippen LogP contribution in [0.15, 0.2) is 24.3 Å². The zero-order valence-electron chi connectivity index (χ0n) is 10.5. The monoisotopic (exact) mass is 232 g/mol. The van der Waals surface area contributed by atoms with E-state index in [4.69, 9.17) is 0 Å². The normalized spacial score (nSPS) is 16.6. The van der Waals surface area contributed by atoms with Crippen molar-refractivity contribution < 1.29 is 4.79 Å². The van der Waals surface area contributed by atoms with Gasteiger partial charge in [-0.25, -0.2) is 0 Å². The van der Waals surface area contributed by atoms with Gasteiger partial charge in [0.15, 0.2) is 0 Å². The first-order chi connectivity index (χ1) is 8.07. The molecule has 2 N–H and O–H groups in total. The van der Waals surface area contributed by atoms with Gasteiger partial charge < -0.3 is 10.6 Å². The van der Waals surface area contributed by atoms with E-state index in [1.165, 1.54) is 12.8 Å². The van der Waals surface area contributed by atoms with E-state index in [0.29, 0.717) is 12.0 Å². The first-order valence-corrected chi connectivity index (χ1v) is 6.15. The fourth-order valence-corrected chi connectivity index (χ4v) is 1.80. The van der Waals surface area contributed by atoms with Crippen molar-refractivity contribution in [1.82, 2.24) is 5.32 Å². The van der Waals surface area contributed by atoms with E-state index in [1.54, 1.807) is 0 Å². The zero-order chi connectivity index (χ0) is 12.3. The van der Waals surface area contributed by atoms with Crippen molar-refractivity contribution in [2.45, 2.75) is 26.7 Å². The molecule has 92 valence electrons. The number of anilines is 1. The molecule has 1 aliphatic carbocycles. The lowest BCUT2D eigenvalue weighted by Crippen LogP contribution is -2.31. The summed E-state index contributed by atoms with van der Waals surface area (Å²) in [5.41, 5.74) is 2.47. The molecule has 1 aromatic rings. The third kappa shape index (κ3) is 3.86. The average Bonchev–Trinajstić information content (AvgIpc) is 2.96. The second-order valence-corrected chi connectivity index (χ2v) is 5.33. The Labute approximate surface area is 103 Å². The summed E-state index contributed by atoms with van der Waals surface area (Å²) in [6.45, 7) is 5.60. The van der Waals surface area contributed by atoms with Crippen LogP contribution in [0.2, 0.25) is 0 Å². The topological polar surface area (TPSA) is 41.1 Å². The Balaban J connectivity index is 1.73. The quantitative estimate of drug-likeness (QED) is 0.818. The van der Waals surface area contributed by atoms with Crippen LogP contribution in [0, 0.1) is 12.3 Å². The molecule has 2 rings (SSSR count). The summed E-state index contributed by atoms with van der Waals surface area (Å²) in [4.78, 5) is 11.7. The molecule has 1 aliphatic rings. The van der Waals surface area contributed by atoms with Gasteiger partial charge >= 0.3 is 0 Å². The molecule has 0 atom stereocenters. The Kier molecular flexibility index (Phi) is 3.48. The molecule has 1 aromatic carbocycles. The van der Waals surface area contributed by atoms with Crippen molar-refractivity contribution in [3.8, 4) is 0 Å². The number of rotatable bonds is 5. The maximum Gasteiger partial charge on any atom is 0.238 e. The summed E-state index contributed by atoms with van der Waals surface area (Å²) in [5.74, 6) is 0.0276. The lowest BCUT2D eigenvalue weighted by molar-refractivity contribution is -0.115. The Morgan fingerprint density at radius 3 is 2.82 bits per heavy atom. The molecule has 3 nitrogen and oxygen atoms in total. The highest BCUT2D eigenvalue weighted by atomic mass is 16.1. The van der Waals surface area contributed by atoms with Crippen molar-refractivity contribution in [2.75, 3.05) is 18.4 Å². The Bertz CT molecular complexity index is 410. The van der Waals surface area contributed by atoms with Crippen LogP contribution in [0.5, 0.6) is 0 Å². The number of hydrogen-bond donors (Lipinski definition) is 2. The highest BCUT2D eigenvalue weighted by molar-refractivity contribution is 5.92. The number of nitrogens with one attached hydrogen (secondary N) is 2. The van der Waals surface area contributed by atoms with Crippen LogP contribution in [0.1, 0.15) is 25.3 Å². The molecular weight excluding hydrogens is 212 g/mol. The molecule has 17 heavy (non-hydrogen) atoms. The van der Waals surface area contributed by atoms with Gasteiger partial charge in [0.25, 0.3) is 0 Å². The van der Waals surface area contributed by atoms with Crippen LogP contribution >= 0.6 is 0 Å². The molecule has 0 radical (unpaired) electrons. The molecule has 0 aromatic heterocycles. The smallest absolute Gasteiger partial charge is 0.238 e. The Morgan fingerprint density at radius 2 is 2.18 bits per heavy atom. The van der Waals surface area contributed by atoms with Gasteiger partial charge in [-0.1, -0.05) is 19.1 Å². The predicted molar refractivity (Wildman–Crippen MR) is 70.0 cm³/mol. The summed E-state index contributed by atoms with van der Waals surface area (Å²) in [6.07, 6.45) is 2.55. The van der Waals surface area contributed by atoms with Crippen LogP contribution in [-0.2, 0) is 4.79 Å². The van der Waals surface area contributed by atoms with Crippen molar-refractivity contribution in [3.05, 3.63) is 29.8 Å². The molecule has 0 heterocycles. The van der Waals surface area contributed by atoms with Gasteiger partial charge in [-0.2, -0.15) is 0 Å². The molecule has 1 amide bonds. The summed E-state index contributed by atoms with van der Waals surface area (Å²) in [7, 11) is 0. The average molecular weight is 232 g/mol. The van der Waals surface area contributed by atoms with Gasteiger partial charge in [-0.05, 0) is 42.9 Å². The summed E-state index contributed by atoms with van der Waals surface area (Å²) in [6, 6.07) is 7.85. The molecule has 0 spiro atoms. The van der Waals surface area contributed by atoms with Crippen LogP contribution in [-0.4, -0.2) is 19.0 Å². The minimum atomic E-state index is 0.0276. The number of benzene rings is 1. The second kappa shape index (κ2) is 4.88. The lowest BCUT2D eigenvalue weighted by atomic mass is 10.1. The third-order valence-electron chi connectivity index (χ3n) is 3.24. The lowest BCUT2D eigenvalue weighted by Gasteiger charge is -2.10. The van der Waals surface area contributed by atoms with E-state index < -0.39 is 0 Å². The minimum Gasteiger partial charge on any atom is -0.325 e. The van der Waals surface area contributed by atoms with E-state index in [-0.39, 0.29) is 5.91 Å². The van der Waals surface area contributed by atoms with Gasteiger partial charge in [0.2, 0.25) is 5.91 Å². The van der Waals surface area contributed by atoms with Crippen LogP contribution in [0.4, 0.5) is 5.69 Å². The maximum absolute atomic E-state index is 11.7. The van der Waals surface area contributed by atoms with Crippen molar-refractivity contribution >= 4 is 11.6 Å². The van der Waals surface area contributed by atoms with Gasteiger partial charge in [0, 0.05) is 12.2 Å². The summed E-state index contributed by atoms with van der Waals surface area (Å²) < 4.78 is 0. The standard InChI is InChI=1S/C14H20N2O/c1-11-4-3-5-12(8-11)16-13(17)9-15-10-14(2)6-7-14/h3-5,8,15H,6-7,9-10H2,1-2H3,(H,16,17). The van der Waals surface area contributed by atoms with E-state index in [0.717, 1.165) is 17.8 Å². The first kappa shape index (κ1) is 12.1. The summed E-state index contributed by atoms with van der Waals surface area (Å²) in [5, 5.41) is 6.10. The highest BCUT2D eigenvalue weighted by Gasteiger charge is 2.36. The number of amides is 1. The van der Waals surface area contributed by atoms with Gasteiger partial charge in [-0.15, -0.1) is 0 Å². The molecule has 0 saturated heterocycles. The van der Waals surface area contributed by atoms with Crippen LogP contribution in [0.25, 0.3) is 0 Å². The first-order valence-electron chi connectivity index (χ1n) is 6.15. The fraction of sp³-hybridized carbons (Fsp3) is 0.500. The summed E-state index contributed by atoms with van der Waals surface area (Å²) >= 11 is 0. The maximum atomic E-state index is 11.7. The van der Waals surface area contributed by atoms with E-state index in [9.17, 15) is 4.79 Å². The number of hydrogen-bond acceptors (Lipinski definition) is 2. The SMILES string of the molecule is Cc1cccc(NC(=O)CNCC2(C)CC2)c1. The van der Waals surface area contributed by atoms with Crippen molar-refractivity contribution in [1.29, 1.82) is 0 Å². The van der Waals surface area contributed by atoms with E-state index >= 15 is 0 Å². The molecule has 0 bridgehead atoms. The molecule has 0 aliphatic heterocycles. The Morgan fingerprint density at radius 1 is 1.41 bits per heavy atom. The number of carbonyl (C=O) groups is 1. The molecule has 1 fully saturated rings. The largest absolute Gasteiger partial charge is 0.325 e. The highest BCUT2D eigenvalue weighted by Crippen LogP contribution is 2.43. The molecular formula is C14H20N2O.